The van der Waals surface area contributed by atoms with Gasteiger partial charge in [-0.25, -0.2) is 9.36 Å². The second-order valence-corrected chi connectivity index (χ2v) is 14.9. The number of unbranched alkanes of at least 4 members (excludes halogenated alkanes) is 2. The van der Waals surface area contributed by atoms with E-state index in [0.29, 0.717) is 17.9 Å². The summed E-state index contributed by atoms with van der Waals surface area (Å²) in [6, 6.07) is 35.1. The van der Waals surface area contributed by atoms with Crippen LogP contribution in [-0.2, 0) is 61.6 Å². The van der Waals surface area contributed by atoms with Crippen LogP contribution in [0, 0.1) is 0 Å². The number of ether oxygens (including phenoxy) is 6. The van der Waals surface area contributed by atoms with Crippen LogP contribution in [0.15, 0.2) is 115 Å². The average Bonchev–Trinajstić information content (AvgIpc) is 3.20. The van der Waals surface area contributed by atoms with Crippen molar-refractivity contribution in [3.8, 4) is 5.75 Å². The smallest absolute Gasteiger partial charge is 0.422 e. The van der Waals surface area contributed by atoms with E-state index < -0.39 is 44.7 Å². The van der Waals surface area contributed by atoms with Crippen LogP contribution in [0.1, 0.15) is 56.2 Å². The Balaban J connectivity index is 1.51. The van der Waals surface area contributed by atoms with Crippen LogP contribution in [0.25, 0.3) is 0 Å². The molecule has 296 valence electrons. The van der Waals surface area contributed by atoms with E-state index in [9.17, 15) is 9.36 Å². The Hall–Kier alpha value is -3.61. The highest BCUT2D eigenvalue weighted by Gasteiger charge is 2.53. The standard InChI is InChI=1S/C42H50ClO11P/c1-3-5-26-49-55(45,50-27-6-4-2)54-41-40(53-42(44)51-36-24-22-35(43)23-25-36)39(48-30-34-20-14-9-15-21-34)38(47-29-33-18-12-8-13-19-33)37(52-41)31-46-28-32-16-10-7-11-17-32/h7-25,37-41H,3-6,26-31H2,1-2H3/t37-,38-,39+,40-,41+/m1/s1. The third-order valence-corrected chi connectivity index (χ3v) is 10.2. The molecule has 0 amide bonds. The first-order chi connectivity index (χ1) is 26.9. The van der Waals surface area contributed by atoms with E-state index in [2.05, 4.69) is 0 Å². The Morgan fingerprint density at radius 1 is 0.673 bits per heavy atom. The van der Waals surface area contributed by atoms with Gasteiger partial charge in [-0.05, 0) is 53.8 Å². The minimum Gasteiger partial charge on any atom is -0.422 e. The Bertz CT molecular complexity index is 1700. The van der Waals surface area contributed by atoms with Crippen molar-refractivity contribution < 1.29 is 51.4 Å². The largest absolute Gasteiger partial charge is 0.514 e. The van der Waals surface area contributed by atoms with Crippen LogP contribution in [0.4, 0.5) is 4.79 Å². The highest BCUT2D eigenvalue weighted by Crippen LogP contribution is 2.53. The lowest BCUT2D eigenvalue weighted by atomic mass is 9.98. The third-order valence-electron chi connectivity index (χ3n) is 8.53. The number of phosphoric ester groups is 1. The minimum absolute atomic E-state index is 0.0129. The first-order valence-corrected chi connectivity index (χ1v) is 20.5. The molecule has 0 saturated carbocycles. The summed E-state index contributed by atoms with van der Waals surface area (Å²) in [5.74, 6) is 0.186. The van der Waals surface area contributed by atoms with E-state index in [4.69, 9.17) is 53.6 Å². The fourth-order valence-corrected chi connectivity index (χ4v) is 7.07. The Labute approximate surface area is 328 Å². The number of carbonyl (C=O) groups excluding carboxylic acids is 1. The molecule has 4 aromatic rings. The highest BCUT2D eigenvalue weighted by molar-refractivity contribution is 7.48. The van der Waals surface area contributed by atoms with Gasteiger partial charge in [-0.1, -0.05) is 129 Å². The summed E-state index contributed by atoms with van der Waals surface area (Å²) in [5.41, 5.74) is 2.70. The SMILES string of the molecule is CCCCOP(=O)(OCCCC)O[C@@H]1O[C@H](COCc2ccccc2)[C@@H](OCc2ccccc2)[C@H](OCc2ccccc2)[C@H]1OC(=O)Oc1ccc(Cl)cc1. The predicted molar refractivity (Wildman–Crippen MR) is 208 cm³/mol. The zero-order valence-electron chi connectivity index (χ0n) is 31.2. The third kappa shape index (κ3) is 14.1. The number of hydrogen-bond acceptors (Lipinski definition) is 11. The summed E-state index contributed by atoms with van der Waals surface area (Å²) in [5, 5.41) is 0.463. The Morgan fingerprint density at radius 2 is 1.18 bits per heavy atom. The number of halogens is 1. The van der Waals surface area contributed by atoms with Crippen LogP contribution in [0.2, 0.25) is 5.02 Å². The monoisotopic (exact) mass is 796 g/mol. The van der Waals surface area contributed by atoms with E-state index in [1.165, 1.54) is 12.1 Å². The number of carbonyl (C=O) groups is 1. The number of rotatable bonds is 22. The fourth-order valence-electron chi connectivity index (χ4n) is 5.62. The summed E-state index contributed by atoms with van der Waals surface area (Å²) in [6.45, 7) is 4.74. The van der Waals surface area contributed by atoms with E-state index >= 15 is 0 Å². The van der Waals surface area contributed by atoms with Crippen molar-refractivity contribution in [1.82, 2.24) is 0 Å². The van der Waals surface area contributed by atoms with Gasteiger partial charge in [0, 0.05) is 5.02 Å². The van der Waals surface area contributed by atoms with Crippen LogP contribution in [-0.4, -0.2) is 56.7 Å². The molecule has 1 fully saturated rings. The molecule has 1 saturated heterocycles. The van der Waals surface area contributed by atoms with Gasteiger partial charge in [0.25, 0.3) is 0 Å². The van der Waals surface area contributed by atoms with E-state index in [1.54, 1.807) is 12.1 Å². The molecule has 0 aromatic heterocycles. The predicted octanol–water partition coefficient (Wildman–Crippen LogP) is 10.1. The molecule has 0 bridgehead atoms. The fraction of sp³-hybridized carbons (Fsp3) is 0.405. The second kappa shape index (κ2) is 22.8. The zero-order chi connectivity index (χ0) is 38.7. The number of hydrogen-bond donors (Lipinski definition) is 0. The molecule has 0 spiro atoms. The van der Waals surface area contributed by atoms with Crippen LogP contribution < -0.4 is 4.74 Å². The molecule has 1 aliphatic rings. The molecule has 55 heavy (non-hydrogen) atoms. The first kappa shape index (κ1) is 42.5. The summed E-state index contributed by atoms with van der Waals surface area (Å²) in [4.78, 5) is 13.6. The van der Waals surface area contributed by atoms with Crippen molar-refractivity contribution in [2.24, 2.45) is 0 Å². The molecule has 13 heteroatoms. The van der Waals surface area contributed by atoms with E-state index in [-0.39, 0.29) is 45.4 Å². The molecular formula is C42H50ClO11P. The summed E-state index contributed by atoms with van der Waals surface area (Å²) >= 11 is 6.06. The summed E-state index contributed by atoms with van der Waals surface area (Å²) < 4.78 is 69.7. The number of phosphoric acid groups is 1. The minimum atomic E-state index is -4.30. The quantitative estimate of drug-likeness (QED) is 0.0327. The number of benzene rings is 4. The zero-order valence-corrected chi connectivity index (χ0v) is 32.9. The van der Waals surface area contributed by atoms with Crippen molar-refractivity contribution in [2.45, 2.75) is 90.1 Å². The van der Waals surface area contributed by atoms with Gasteiger partial charge in [0.2, 0.25) is 6.29 Å². The average molecular weight is 797 g/mol. The Morgan fingerprint density at radius 3 is 1.71 bits per heavy atom. The Kier molecular flexibility index (Phi) is 17.6. The molecule has 4 aromatic carbocycles. The maximum absolute atomic E-state index is 14.3. The van der Waals surface area contributed by atoms with E-state index in [0.717, 1.165) is 29.5 Å². The lowest BCUT2D eigenvalue weighted by Crippen LogP contribution is -2.62. The molecule has 1 aliphatic heterocycles. The van der Waals surface area contributed by atoms with Gasteiger partial charge >= 0.3 is 14.0 Å². The molecular weight excluding hydrogens is 747 g/mol. The summed E-state index contributed by atoms with van der Waals surface area (Å²) in [6.07, 6.45) is -4.06. The van der Waals surface area contributed by atoms with Crippen molar-refractivity contribution >= 4 is 25.6 Å². The van der Waals surface area contributed by atoms with Gasteiger partial charge < -0.3 is 28.4 Å². The molecule has 0 N–H and O–H groups in total. The van der Waals surface area contributed by atoms with Crippen molar-refractivity contribution in [3.05, 3.63) is 137 Å². The van der Waals surface area contributed by atoms with Gasteiger partial charge in [-0.3, -0.25) is 13.6 Å². The van der Waals surface area contributed by atoms with Gasteiger partial charge in [0.15, 0.2) is 6.10 Å². The topological polar surface area (TPSA) is 117 Å². The normalized spacial score (nSPS) is 19.9. The van der Waals surface area contributed by atoms with Gasteiger partial charge in [0.1, 0.15) is 24.1 Å². The molecule has 0 aliphatic carbocycles. The van der Waals surface area contributed by atoms with Crippen molar-refractivity contribution in [3.63, 3.8) is 0 Å². The van der Waals surface area contributed by atoms with Crippen molar-refractivity contribution in [2.75, 3.05) is 19.8 Å². The van der Waals surface area contributed by atoms with Gasteiger partial charge in [-0.15, -0.1) is 0 Å². The second-order valence-electron chi connectivity index (χ2n) is 12.9. The first-order valence-electron chi connectivity index (χ1n) is 18.7. The van der Waals surface area contributed by atoms with Crippen LogP contribution >= 0.6 is 19.4 Å². The highest BCUT2D eigenvalue weighted by atomic mass is 35.5. The molecule has 11 nitrogen and oxygen atoms in total. The van der Waals surface area contributed by atoms with Gasteiger partial charge in [0.05, 0.1) is 39.6 Å². The lowest BCUT2D eigenvalue weighted by Gasteiger charge is -2.45. The van der Waals surface area contributed by atoms with Gasteiger partial charge in [-0.2, -0.15) is 0 Å². The molecule has 5 rings (SSSR count). The maximum atomic E-state index is 14.3. The molecule has 0 radical (unpaired) electrons. The van der Waals surface area contributed by atoms with Crippen LogP contribution in [0.3, 0.4) is 0 Å². The van der Waals surface area contributed by atoms with Crippen LogP contribution in [0.5, 0.6) is 5.75 Å². The summed E-state index contributed by atoms with van der Waals surface area (Å²) in [7, 11) is -4.30. The maximum Gasteiger partial charge on any atom is 0.514 e. The van der Waals surface area contributed by atoms with Crippen molar-refractivity contribution in [1.29, 1.82) is 0 Å². The van der Waals surface area contributed by atoms with E-state index in [1.807, 2.05) is 105 Å². The molecule has 1 heterocycles. The lowest BCUT2D eigenvalue weighted by molar-refractivity contribution is -0.303. The molecule has 5 atom stereocenters. The molecule has 0 unspecified atom stereocenters.